The average molecular weight is 565 g/mol. The predicted octanol–water partition coefficient (Wildman–Crippen LogP) is 9.82. The molecule has 5 aromatic rings. The van der Waals surface area contributed by atoms with Gasteiger partial charge in [-0.2, -0.15) is 0 Å². The smallest absolute Gasteiger partial charge is 0.0726 e. The van der Waals surface area contributed by atoms with Crippen LogP contribution in [0.3, 0.4) is 0 Å². The second kappa shape index (κ2) is 8.69. The number of benzene rings is 5. The average Bonchev–Trinajstić information content (AvgIpc) is 3.46. The van der Waals surface area contributed by atoms with Gasteiger partial charge in [-0.15, -0.1) is 0 Å². The number of rotatable bonds is 3. The van der Waals surface area contributed by atoms with E-state index in [1.54, 1.807) is 0 Å². The Morgan fingerprint density at radius 3 is 1.67 bits per heavy atom. The van der Waals surface area contributed by atoms with Crippen molar-refractivity contribution in [1.29, 1.82) is 0 Å². The molecule has 8 rings (SSSR count). The van der Waals surface area contributed by atoms with Crippen molar-refractivity contribution in [3.63, 3.8) is 0 Å². The summed E-state index contributed by atoms with van der Waals surface area (Å²) in [6.45, 7) is 0. The molecule has 0 heterocycles. The van der Waals surface area contributed by atoms with E-state index in [0.29, 0.717) is 0 Å². The van der Waals surface area contributed by atoms with Gasteiger partial charge in [-0.1, -0.05) is 119 Å². The van der Waals surface area contributed by atoms with Crippen LogP contribution in [0.25, 0.3) is 22.3 Å². The van der Waals surface area contributed by atoms with E-state index in [4.69, 9.17) is 0 Å². The predicted molar refractivity (Wildman–Crippen MR) is 166 cm³/mol. The molecule has 186 valence electrons. The maximum atomic E-state index is 3.63. The number of allylic oxidation sites excluding steroid dienone is 2. The minimum Gasteiger partial charge on any atom is -0.334 e. The van der Waals surface area contributed by atoms with Crippen LogP contribution in [0.15, 0.2) is 144 Å². The fourth-order valence-corrected chi connectivity index (χ4v) is 7.39. The highest BCUT2D eigenvalue weighted by atomic mass is 79.9. The molecule has 0 saturated carbocycles. The molecule has 1 unspecified atom stereocenters. The topological polar surface area (TPSA) is 3.24 Å². The van der Waals surface area contributed by atoms with E-state index in [2.05, 4.69) is 160 Å². The van der Waals surface area contributed by atoms with E-state index in [-0.39, 0.29) is 11.5 Å². The molecule has 0 amide bonds. The molecular weight excluding hydrogens is 538 g/mol. The van der Waals surface area contributed by atoms with Crippen LogP contribution in [0.5, 0.6) is 0 Å². The van der Waals surface area contributed by atoms with Crippen LogP contribution in [0.1, 0.15) is 28.7 Å². The molecule has 5 aromatic carbocycles. The van der Waals surface area contributed by atoms with E-state index in [9.17, 15) is 0 Å². The molecular formula is C37H26BrN. The second-order valence-corrected chi connectivity index (χ2v) is 11.5. The van der Waals surface area contributed by atoms with Gasteiger partial charge in [0, 0.05) is 15.8 Å². The Hall–Kier alpha value is -4.14. The number of fused-ring (bicyclic) bond motifs is 10. The molecule has 0 aromatic heterocycles. The fraction of sp³-hybridized carbons (Fsp3) is 0.0811. The highest BCUT2D eigenvalue weighted by molar-refractivity contribution is 9.10. The van der Waals surface area contributed by atoms with Gasteiger partial charge in [-0.25, -0.2) is 0 Å². The molecule has 1 nitrogen and oxygen atoms in total. The van der Waals surface area contributed by atoms with Crippen LogP contribution in [0.2, 0.25) is 0 Å². The molecule has 0 bridgehead atoms. The third kappa shape index (κ3) is 3.19. The summed E-state index contributed by atoms with van der Waals surface area (Å²) < 4.78 is 1.09. The highest BCUT2D eigenvalue weighted by Gasteiger charge is 2.51. The summed E-state index contributed by atoms with van der Waals surface area (Å²) in [6.07, 6.45) is 9.89. The van der Waals surface area contributed by atoms with Crippen LogP contribution in [0.4, 0.5) is 11.4 Å². The van der Waals surface area contributed by atoms with Crippen molar-refractivity contribution in [1.82, 2.24) is 0 Å². The summed E-state index contributed by atoms with van der Waals surface area (Å²) in [5.41, 5.74) is 12.9. The van der Waals surface area contributed by atoms with Crippen LogP contribution in [0, 0.1) is 0 Å². The lowest BCUT2D eigenvalue weighted by Crippen LogP contribution is -2.31. The first-order valence-electron chi connectivity index (χ1n) is 13.6. The Labute approximate surface area is 237 Å². The monoisotopic (exact) mass is 563 g/mol. The summed E-state index contributed by atoms with van der Waals surface area (Å²) in [7, 11) is 0. The van der Waals surface area contributed by atoms with Gasteiger partial charge in [-0.05, 0) is 87.3 Å². The first-order valence-corrected chi connectivity index (χ1v) is 14.4. The molecule has 0 fully saturated rings. The molecule has 3 aliphatic carbocycles. The van der Waals surface area contributed by atoms with Gasteiger partial charge in [0.15, 0.2) is 0 Å². The summed E-state index contributed by atoms with van der Waals surface area (Å²) in [5, 5.41) is 0. The summed E-state index contributed by atoms with van der Waals surface area (Å²) in [4.78, 5) is 2.50. The summed E-state index contributed by atoms with van der Waals surface area (Å²) >= 11 is 3.63. The Balaban J connectivity index is 1.42. The lowest BCUT2D eigenvalue weighted by atomic mass is 9.70. The molecule has 0 N–H and O–H groups in total. The van der Waals surface area contributed by atoms with E-state index >= 15 is 0 Å². The van der Waals surface area contributed by atoms with Gasteiger partial charge in [-0.3, -0.25) is 0 Å². The zero-order valence-corrected chi connectivity index (χ0v) is 23.0. The molecule has 0 radical (unpaired) electrons. The van der Waals surface area contributed by atoms with E-state index in [1.165, 1.54) is 55.9 Å². The van der Waals surface area contributed by atoms with E-state index in [0.717, 1.165) is 10.9 Å². The molecule has 3 aliphatic rings. The third-order valence-electron chi connectivity index (χ3n) is 8.65. The lowest BCUT2D eigenvalue weighted by molar-refractivity contribution is 0.774. The van der Waals surface area contributed by atoms with Crippen molar-refractivity contribution in [3.05, 3.63) is 166 Å². The van der Waals surface area contributed by atoms with Gasteiger partial charge < -0.3 is 4.90 Å². The summed E-state index contributed by atoms with van der Waals surface area (Å²) in [6, 6.07) is 43.1. The van der Waals surface area contributed by atoms with E-state index < -0.39 is 0 Å². The van der Waals surface area contributed by atoms with Crippen molar-refractivity contribution in [2.75, 3.05) is 4.90 Å². The van der Waals surface area contributed by atoms with Crippen LogP contribution < -0.4 is 4.90 Å². The Morgan fingerprint density at radius 2 is 1.10 bits per heavy atom. The van der Waals surface area contributed by atoms with Gasteiger partial charge in [0.1, 0.15) is 0 Å². The first kappa shape index (κ1) is 22.8. The van der Waals surface area contributed by atoms with Crippen molar-refractivity contribution < 1.29 is 0 Å². The SMILES string of the molecule is Brc1ccc(N(c2ccc3c(c2)C2(c4ccccc4-c4ccccc42)c2ccccc2-3)C2C=CC=CC2)cc1. The molecule has 39 heavy (non-hydrogen) atoms. The Kier molecular flexibility index (Phi) is 5.08. The van der Waals surface area contributed by atoms with Crippen LogP contribution in [-0.2, 0) is 5.41 Å². The van der Waals surface area contributed by atoms with E-state index in [1.807, 2.05) is 0 Å². The minimum absolute atomic E-state index is 0.247. The van der Waals surface area contributed by atoms with Crippen molar-refractivity contribution in [3.8, 4) is 22.3 Å². The number of nitrogens with zero attached hydrogens (tertiary/aromatic N) is 1. The third-order valence-corrected chi connectivity index (χ3v) is 9.18. The number of hydrogen-bond donors (Lipinski definition) is 0. The largest absolute Gasteiger partial charge is 0.334 e. The second-order valence-electron chi connectivity index (χ2n) is 10.6. The summed E-state index contributed by atoms with van der Waals surface area (Å²) in [5.74, 6) is 0. The molecule has 0 saturated heterocycles. The number of anilines is 2. The highest BCUT2D eigenvalue weighted by Crippen LogP contribution is 2.63. The maximum Gasteiger partial charge on any atom is 0.0726 e. The molecule has 0 aliphatic heterocycles. The maximum absolute atomic E-state index is 3.63. The fourth-order valence-electron chi connectivity index (χ4n) is 7.13. The number of halogens is 1. The van der Waals surface area contributed by atoms with Gasteiger partial charge in [0.2, 0.25) is 0 Å². The molecule has 2 heteroatoms. The van der Waals surface area contributed by atoms with Crippen molar-refractivity contribution >= 4 is 27.3 Å². The zero-order chi connectivity index (χ0) is 26.0. The van der Waals surface area contributed by atoms with Crippen LogP contribution in [-0.4, -0.2) is 6.04 Å². The quantitative estimate of drug-likeness (QED) is 0.207. The van der Waals surface area contributed by atoms with Crippen molar-refractivity contribution in [2.45, 2.75) is 17.9 Å². The molecule has 1 atom stereocenters. The first-order chi connectivity index (χ1) is 19.3. The normalized spacial score (nSPS) is 17.0. The lowest BCUT2D eigenvalue weighted by Gasteiger charge is -2.35. The van der Waals surface area contributed by atoms with Crippen molar-refractivity contribution in [2.24, 2.45) is 0 Å². The Morgan fingerprint density at radius 1 is 0.564 bits per heavy atom. The minimum atomic E-state index is -0.331. The van der Waals surface area contributed by atoms with Gasteiger partial charge in [0.25, 0.3) is 0 Å². The van der Waals surface area contributed by atoms with Gasteiger partial charge >= 0.3 is 0 Å². The Bertz CT molecular complexity index is 1750. The standard InChI is InChI=1S/C37H26BrN/c38-25-18-20-27(21-19-25)39(26-10-2-1-3-11-26)28-22-23-32-31-14-6-9-17-35(31)37(36(32)24-28)33-15-7-4-12-29(33)30-13-5-8-16-34(30)37/h1-10,12-24,26H,11H2. The van der Waals surface area contributed by atoms with Crippen LogP contribution >= 0.6 is 15.9 Å². The zero-order valence-electron chi connectivity index (χ0n) is 21.4. The molecule has 1 spiro atoms. The number of hydrogen-bond acceptors (Lipinski definition) is 1. The van der Waals surface area contributed by atoms with Gasteiger partial charge in [0.05, 0.1) is 11.5 Å².